The minimum absolute atomic E-state index is 0.268. The molecule has 4 heteroatoms. The first-order chi connectivity index (χ1) is 7.24. The van der Waals surface area contributed by atoms with Crippen LogP contribution in [0.2, 0.25) is 0 Å². The van der Waals surface area contributed by atoms with E-state index >= 15 is 0 Å². The van der Waals surface area contributed by atoms with E-state index in [0.717, 1.165) is 12.0 Å². The lowest BCUT2D eigenvalue weighted by Gasteiger charge is -2.02. The highest BCUT2D eigenvalue weighted by Crippen LogP contribution is 2.27. The Kier molecular flexibility index (Phi) is 2.41. The number of nitrogen functional groups attached to an aromatic ring is 1. The zero-order chi connectivity index (χ0) is 10.8. The van der Waals surface area contributed by atoms with E-state index in [1.54, 1.807) is 18.2 Å². The molecule has 0 fully saturated rings. The number of nitrogens with one attached hydrogen (secondary N) is 1. The van der Waals surface area contributed by atoms with E-state index in [4.69, 9.17) is 5.73 Å². The zero-order valence-corrected chi connectivity index (χ0v) is 8.42. The summed E-state index contributed by atoms with van der Waals surface area (Å²) in [5.74, 6) is 0.173. The molecular formula is C11H12FN3. The molecule has 0 bridgehead atoms. The summed E-state index contributed by atoms with van der Waals surface area (Å²) in [6.45, 7) is 1.96. The van der Waals surface area contributed by atoms with Gasteiger partial charge in [0, 0.05) is 11.1 Å². The predicted molar refractivity (Wildman–Crippen MR) is 57.8 cm³/mol. The van der Waals surface area contributed by atoms with Gasteiger partial charge in [-0.15, -0.1) is 0 Å². The van der Waals surface area contributed by atoms with Gasteiger partial charge in [0.15, 0.2) is 0 Å². The molecule has 0 spiro atoms. The zero-order valence-electron chi connectivity index (χ0n) is 8.42. The van der Waals surface area contributed by atoms with Crippen molar-refractivity contribution in [2.45, 2.75) is 13.3 Å². The second-order valence-electron chi connectivity index (χ2n) is 3.30. The Balaban J connectivity index is 2.59. The predicted octanol–water partition coefficient (Wildman–Crippen LogP) is 2.36. The molecule has 0 unspecified atom stereocenters. The van der Waals surface area contributed by atoms with Crippen LogP contribution in [-0.4, -0.2) is 10.2 Å². The second kappa shape index (κ2) is 3.73. The van der Waals surface area contributed by atoms with Gasteiger partial charge in [-0.1, -0.05) is 19.1 Å². The monoisotopic (exact) mass is 205 g/mol. The number of aromatic amines is 1. The molecule has 1 heterocycles. The van der Waals surface area contributed by atoms with Gasteiger partial charge in [-0.2, -0.15) is 5.10 Å². The first-order valence-electron chi connectivity index (χ1n) is 4.81. The number of nitrogens with zero attached hydrogens (tertiary/aromatic N) is 1. The topological polar surface area (TPSA) is 54.7 Å². The molecule has 0 radical (unpaired) electrons. The van der Waals surface area contributed by atoms with Crippen LogP contribution in [0.1, 0.15) is 12.5 Å². The average molecular weight is 205 g/mol. The van der Waals surface area contributed by atoms with E-state index in [-0.39, 0.29) is 5.82 Å². The Labute approximate surface area is 87.1 Å². The van der Waals surface area contributed by atoms with Crippen molar-refractivity contribution in [2.24, 2.45) is 0 Å². The molecule has 0 saturated carbocycles. The van der Waals surface area contributed by atoms with Crippen molar-refractivity contribution in [1.82, 2.24) is 10.2 Å². The summed E-state index contributed by atoms with van der Waals surface area (Å²) < 4.78 is 13.5. The molecule has 0 amide bonds. The van der Waals surface area contributed by atoms with Crippen LogP contribution in [0.25, 0.3) is 11.3 Å². The molecule has 0 atom stereocenters. The molecule has 3 N–H and O–H groups in total. The normalized spacial score (nSPS) is 10.5. The first-order valence-corrected chi connectivity index (χ1v) is 4.81. The standard InChI is InChI=1S/C11H12FN3/c1-2-7-10(14-15-11(7)13)8-5-3-4-6-9(8)12/h3-6H,2H2,1H3,(H3,13,14,15). The van der Waals surface area contributed by atoms with E-state index in [9.17, 15) is 4.39 Å². The average Bonchev–Trinajstić information content (AvgIpc) is 2.60. The van der Waals surface area contributed by atoms with E-state index in [1.165, 1.54) is 6.07 Å². The molecule has 15 heavy (non-hydrogen) atoms. The van der Waals surface area contributed by atoms with Gasteiger partial charge in [-0.3, -0.25) is 5.10 Å². The number of hydrogen-bond acceptors (Lipinski definition) is 2. The van der Waals surface area contributed by atoms with Gasteiger partial charge in [-0.25, -0.2) is 4.39 Å². The van der Waals surface area contributed by atoms with Crippen molar-refractivity contribution in [3.8, 4) is 11.3 Å². The van der Waals surface area contributed by atoms with E-state index < -0.39 is 0 Å². The summed E-state index contributed by atoms with van der Waals surface area (Å²) in [6.07, 6.45) is 0.728. The third-order valence-corrected chi connectivity index (χ3v) is 2.40. The summed E-state index contributed by atoms with van der Waals surface area (Å²) >= 11 is 0. The molecule has 0 saturated heterocycles. The molecule has 2 rings (SSSR count). The quantitative estimate of drug-likeness (QED) is 0.790. The Morgan fingerprint density at radius 1 is 1.40 bits per heavy atom. The second-order valence-corrected chi connectivity index (χ2v) is 3.30. The lowest BCUT2D eigenvalue weighted by molar-refractivity contribution is 0.630. The molecule has 2 aromatic rings. The highest BCUT2D eigenvalue weighted by Gasteiger charge is 2.13. The van der Waals surface area contributed by atoms with Crippen LogP contribution in [0.15, 0.2) is 24.3 Å². The third-order valence-electron chi connectivity index (χ3n) is 2.40. The van der Waals surface area contributed by atoms with Crippen LogP contribution >= 0.6 is 0 Å². The van der Waals surface area contributed by atoms with E-state index in [0.29, 0.717) is 17.1 Å². The van der Waals surface area contributed by atoms with Crippen LogP contribution in [0.4, 0.5) is 10.2 Å². The maximum Gasteiger partial charge on any atom is 0.149 e. The number of rotatable bonds is 2. The van der Waals surface area contributed by atoms with Crippen molar-refractivity contribution in [2.75, 3.05) is 5.73 Å². The molecule has 78 valence electrons. The number of aromatic nitrogens is 2. The van der Waals surface area contributed by atoms with Gasteiger partial charge < -0.3 is 5.73 Å². The van der Waals surface area contributed by atoms with Gasteiger partial charge in [0.2, 0.25) is 0 Å². The van der Waals surface area contributed by atoms with E-state index in [1.807, 2.05) is 6.92 Å². The Morgan fingerprint density at radius 3 is 2.80 bits per heavy atom. The molecular weight excluding hydrogens is 193 g/mol. The SMILES string of the molecule is CCc1c(N)n[nH]c1-c1ccccc1F. The van der Waals surface area contributed by atoms with Crippen LogP contribution in [0, 0.1) is 5.82 Å². The molecule has 0 aliphatic rings. The van der Waals surface area contributed by atoms with Crippen molar-refractivity contribution in [1.29, 1.82) is 0 Å². The molecule has 1 aromatic carbocycles. The fourth-order valence-electron chi connectivity index (χ4n) is 1.62. The van der Waals surface area contributed by atoms with Crippen molar-refractivity contribution in [3.63, 3.8) is 0 Å². The van der Waals surface area contributed by atoms with Crippen LogP contribution in [-0.2, 0) is 6.42 Å². The highest BCUT2D eigenvalue weighted by atomic mass is 19.1. The third kappa shape index (κ3) is 1.58. The number of benzene rings is 1. The first kappa shape index (κ1) is 9.71. The number of nitrogens with two attached hydrogens (primary N) is 1. The molecule has 3 nitrogen and oxygen atoms in total. The number of hydrogen-bond donors (Lipinski definition) is 2. The maximum absolute atomic E-state index is 13.5. The van der Waals surface area contributed by atoms with Crippen LogP contribution in [0.3, 0.4) is 0 Å². The van der Waals surface area contributed by atoms with Gasteiger partial charge >= 0.3 is 0 Å². The minimum atomic E-state index is -0.268. The summed E-state index contributed by atoms with van der Waals surface area (Å²) in [7, 11) is 0. The summed E-state index contributed by atoms with van der Waals surface area (Å²) in [4.78, 5) is 0. The largest absolute Gasteiger partial charge is 0.382 e. The smallest absolute Gasteiger partial charge is 0.149 e. The Hall–Kier alpha value is -1.84. The Bertz CT molecular complexity index is 476. The maximum atomic E-state index is 13.5. The van der Waals surface area contributed by atoms with Gasteiger partial charge in [0.25, 0.3) is 0 Å². The van der Waals surface area contributed by atoms with Crippen molar-refractivity contribution < 1.29 is 4.39 Å². The molecule has 1 aromatic heterocycles. The number of halogens is 1. The van der Waals surface area contributed by atoms with Gasteiger partial charge in [-0.05, 0) is 18.6 Å². The fraction of sp³-hybridized carbons (Fsp3) is 0.182. The van der Waals surface area contributed by atoms with Crippen LogP contribution < -0.4 is 5.73 Å². The fourth-order valence-corrected chi connectivity index (χ4v) is 1.62. The molecule has 0 aliphatic carbocycles. The lowest BCUT2D eigenvalue weighted by atomic mass is 10.1. The molecule has 0 aliphatic heterocycles. The van der Waals surface area contributed by atoms with Gasteiger partial charge in [0.05, 0.1) is 5.69 Å². The van der Waals surface area contributed by atoms with Gasteiger partial charge in [0.1, 0.15) is 11.6 Å². The summed E-state index contributed by atoms with van der Waals surface area (Å²) in [5.41, 5.74) is 7.72. The van der Waals surface area contributed by atoms with Crippen molar-refractivity contribution in [3.05, 3.63) is 35.6 Å². The minimum Gasteiger partial charge on any atom is -0.382 e. The number of anilines is 1. The highest BCUT2D eigenvalue weighted by molar-refractivity contribution is 5.68. The number of H-pyrrole nitrogens is 1. The van der Waals surface area contributed by atoms with E-state index in [2.05, 4.69) is 10.2 Å². The lowest BCUT2D eigenvalue weighted by Crippen LogP contribution is -1.92. The Morgan fingerprint density at radius 2 is 2.13 bits per heavy atom. The van der Waals surface area contributed by atoms with Crippen molar-refractivity contribution >= 4 is 5.82 Å². The van der Waals surface area contributed by atoms with Crippen LogP contribution in [0.5, 0.6) is 0 Å². The summed E-state index contributed by atoms with van der Waals surface area (Å²) in [5, 5.41) is 6.66. The summed E-state index contributed by atoms with van der Waals surface area (Å²) in [6, 6.07) is 6.58.